The molecule has 0 saturated carbocycles. The lowest BCUT2D eigenvalue weighted by molar-refractivity contribution is -0.135. The minimum atomic E-state index is -3.15. The summed E-state index contributed by atoms with van der Waals surface area (Å²) in [4.78, 5) is 30.2. The van der Waals surface area contributed by atoms with Crippen molar-refractivity contribution in [3.05, 3.63) is 108 Å². The van der Waals surface area contributed by atoms with Gasteiger partial charge in [0.05, 0.1) is 36.5 Å². The smallest absolute Gasteiger partial charge is 0.263 e. The predicted molar refractivity (Wildman–Crippen MR) is 179 cm³/mol. The molecule has 2 aliphatic rings. The highest BCUT2D eigenvalue weighted by Gasteiger charge is 2.51. The molecule has 6 rings (SSSR count). The number of nitrogens with zero attached hydrogens (tertiary/aromatic N) is 2. The van der Waals surface area contributed by atoms with Gasteiger partial charge < -0.3 is 18.9 Å². The Kier molecular flexibility index (Phi) is 8.91. The molecule has 0 bridgehead atoms. The quantitative estimate of drug-likeness (QED) is 0.139. The van der Waals surface area contributed by atoms with E-state index in [1.54, 1.807) is 22.9 Å². The minimum absolute atomic E-state index is 0.0182. The third-order valence-corrected chi connectivity index (χ3v) is 12.0. The SMILES string of the molecule is C[C@H]1[C@H]([Si](C)(C)F)[C@@H](CC(=O)N(CCO)Cc2ccccc2)O[C@H]1CCc1ccc(N2C(=O)c3cccc4cccc2c34)cc1. The van der Waals surface area contributed by atoms with E-state index in [9.17, 15) is 14.7 Å². The first-order chi connectivity index (χ1) is 21.7. The van der Waals surface area contributed by atoms with Crippen molar-refractivity contribution in [1.82, 2.24) is 4.90 Å². The largest absolute Gasteiger partial charge is 0.395 e. The zero-order chi connectivity index (χ0) is 31.7. The number of aliphatic hydroxyl groups is 1. The highest BCUT2D eigenvalue weighted by atomic mass is 28.4. The minimum Gasteiger partial charge on any atom is -0.395 e. The molecule has 1 saturated heterocycles. The summed E-state index contributed by atoms with van der Waals surface area (Å²) in [6, 6.07) is 29.6. The fourth-order valence-corrected chi connectivity index (χ4v) is 9.93. The number of amides is 2. The van der Waals surface area contributed by atoms with Gasteiger partial charge in [-0.3, -0.25) is 14.5 Å². The van der Waals surface area contributed by atoms with Crippen molar-refractivity contribution in [2.75, 3.05) is 18.1 Å². The van der Waals surface area contributed by atoms with Crippen LogP contribution >= 0.6 is 0 Å². The summed E-state index contributed by atoms with van der Waals surface area (Å²) in [7, 11) is -3.15. The lowest BCUT2D eigenvalue weighted by Crippen LogP contribution is -2.40. The Hall–Kier alpha value is -3.85. The molecule has 2 heterocycles. The third-order valence-electron chi connectivity index (χ3n) is 9.48. The standard InChI is InChI=1S/C37H41FN2O4Si/c1-25-32(44-33(36(25)45(2,3)38)23-34(42)39(21-22-41)24-27-9-5-4-6-10-27)20-17-26-15-18-29(19-16-26)40-31-14-8-12-28-11-7-13-30(35(28)31)37(40)43/h4-16,18-19,25,32-33,36,41H,17,20-24H2,1-3H3/t25-,32+,33-,36+/m1/s1. The zero-order valence-electron chi connectivity index (χ0n) is 26.2. The van der Waals surface area contributed by atoms with Gasteiger partial charge in [0.25, 0.3) is 5.91 Å². The average molecular weight is 625 g/mol. The Morgan fingerprint density at radius 2 is 1.64 bits per heavy atom. The summed E-state index contributed by atoms with van der Waals surface area (Å²) in [5.74, 6) is -0.164. The van der Waals surface area contributed by atoms with Crippen LogP contribution in [0, 0.1) is 5.92 Å². The molecule has 4 aromatic carbocycles. The second-order valence-electron chi connectivity index (χ2n) is 12.9. The number of hydrogen-bond acceptors (Lipinski definition) is 4. The lowest BCUT2D eigenvalue weighted by atomic mass is 9.95. The van der Waals surface area contributed by atoms with Crippen molar-refractivity contribution < 1.29 is 23.5 Å². The molecule has 4 aromatic rings. The number of rotatable bonds is 11. The van der Waals surface area contributed by atoms with Crippen LogP contribution < -0.4 is 4.90 Å². The van der Waals surface area contributed by atoms with E-state index in [0.717, 1.165) is 45.3 Å². The number of anilines is 2. The maximum absolute atomic E-state index is 15.7. The Bertz CT molecular complexity index is 1670. The molecule has 0 radical (unpaired) electrons. The van der Waals surface area contributed by atoms with Crippen LogP contribution in [0.4, 0.5) is 15.5 Å². The van der Waals surface area contributed by atoms with E-state index in [-0.39, 0.29) is 48.9 Å². The lowest BCUT2D eigenvalue weighted by Gasteiger charge is -2.30. The van der Waals surface area contributed by atoms with Crippen LogP contribution in [0.1, 0.15) is 41.3 Å². The first-order valence-electron chi connectivity index (χ1n) is 15.9. The van der Waals surface area contributed by atoms with Crippen molar-refractivity contribution in [1.29, 1.82) is 0 Å². The number of benzene rings is 4. The third kappa shape index (κ3) is 6.32. The van der Waals surface area contributed by atoms with E-state index in [0.29, 0.717) is 13.0 Å². The van der Waals surface area contributed by atoms with E-state index in [2.05, 4.69) is 6.92 Å². The van der Waals surface area contributed by atoms with Crippen molar-refractivity contribution in [2.24, 2.45) is 5.92 Å². The first kappa shape index (κ1) is 31.1. The molecule has 2 amide bonds. The number of hydrogen-bond donors (Lipinski definition) is 1. The van der Waals surface area contributed by atoms with Crippen LogP contribution in [0.15, 0.2) is 91.0 Å². The normalized spacial score (nSPS) is 21.1. The van der Waals surface area contributed by atoms with Crippen LogP contribution in [0.5, 0.6) is 0 Å². The highest BCUT2D eigenvalue weighted by molar-refractivity contribution is 6.72. The topological polar surface area (TPSA) is 70.1 Å². The van der Waals surface area contributed by atoms with Gasteiger partial charge in [0.2, 0.25) is 14.3 Å². The van der Waals surface area contributed by atoms with E-state index in [1.807, 2.05) is 91.0 Å². The summed E-state index contributed by atoms with van der Waals surface area (Å²) < 4.78 is 22.2. The molecule has 234 valence electrons. The Morgan fingerprint density at radius 1 is 0.933 bits per heavy atom. The fourth-order valence-electron chi connectivity index (χ4n) is 7.39. The van der Waals surface area contributed by atoms with Crippen molar-refractivity contribution in [3.8, 4) is 0 Å². The maximum atomic E-state index is 15.7. The van der Waals surface area contributed by atoms with Gasteiger partial charge in [-0.15, -0.1) is 0 Å². The van der Waals surface area contributed by atoms with E-state index in [4.69, 9.17) is 4.74 Å². The van der Waals surface area contributed by atoms with E-state index >= 15 is 4.11 Å². The predicted octanol–water partition coefficient (Wildman–Crippen LogP) is 7.42. The molecule has 1 fully saturated rings. The highest BCUT2D eigenvalue weighted by Crippen LogP contribution is 2.47. The summed E-state index contributed by atoms with van der Waals surface area (Å²) in [6.07, 6.45) is 0.901. The van der Waals surface area contributed by atoms with E-state index in [1.165, 1.54) is 0 Å². The zero-order valence-corrected chi connectivity index (χ0v) is 27.2. The molecular weight excluding hydrogens is 584 g/mol. The molecule has 0 aliphatic carbocycles. The first-order valence-corrected chi connectivity index (χ1v) is 18.8. The summed E-state index contributed by atoms with van der Waals surface area (Å²) in [5, 5.41) is 11.7. The number of halogens is 1. The molecule has 0 aromatic heterocycles. The number of aryl methyl sites for hydroxylation is 1. The van der Waals surface area contributed by atoms with Gasteiger partial charge in [0.15, 0.2) is 0 Å². The van der Waals surface area contributed by atoms with Gasteiger partial charge >= 0.3 is 0 Å². The summed E-state index contributed by atoms with van der Waals surface area (Å²) in [5.41, 5.74) is 4.25. The van der Waals surface area contributed by atoms with Crippen LogP contribution in [0.2, 0.25) is 18.6 Å². The van der Waals surface area contributed by atoms with Gasteiger partial charge in [-0.1, -0.05) is 73.7 Å². The van der Waals surface area contributed by atoms with Gasteiger partial charge in [0.1, 0.15) is 0 Å². The molecule has 0 unspecified atom stereocenters. The molecule has 2 aliphatic heterocycles. The van der Waals surface area contributed by atoms with Gasteiger partial charge in [-0.25, -0.2) is 0 Å². The molecule has 45 heavy (non-hydrogen) atoms. The molecule has 0 spiro atoms. The number of aliphatic hydroxyl groups excluding tert-OH is 1. The van der Waals surface area contributed by atoms with Crippen molar-refractivity contribution in [2.45, 2.75) is 63.6 Å². The summed E-state index contributed by atoms with van der Waals surface area (Å²) in [6.45, 7) is 5.97. The number of carbonyl (C=O) groups excluding carboxylic acids is 2. The second-order valence-corrected chi connectivity index (χ2v) is 16.7. The number of ether oxygens (including phenoxy) is 1. The maximum Gasteiger partial charge on any atom is 0.263 e. The number of carbonyl (C=O) groups is 2. The Balaban J connectivity index is 1.12. The Labute approximate surface area is 265 Å². The molecular formula is C37H41FN2O4Si. The summed E-state index contributed by atoms with van der Waals surface area (Å²) >= 11 is 0. The monoisotopic (exact) mass is 624 g/mol. The van der Waals surface area contributed by atoms with Crippen LogP contribution in [-0.2, 0) is 22.5 Å². The van der Waals surface area contributed by atoms with E-state index < -0.39 is 14.5 Å². The van der Waals surface area contributed by atoms with Gasteiger partial charge in [0, 0.05) is 29.7 Å². The molecule has 8 heteroatoms. The fraction of sp³-hybridized carbons (Fsp3) is 0.351. The van der Waals surface area contributed by atoms with Gasteiger partial charge in [-0.2, -0.15) is 0 Å². The molecule has 4 atom stereocenters. The van der Waals surface area contributed by atoms with Crippen molar-refractivity contribution in [3.63, 3.8) is 0 Å². The van der Waals surface area contributed by atoms with Crippen LogP contribution in [0.3, 0.4) is 0 Å². The molecule has 1 N–H and O–H groups in total. The van der Waals surface area contributed by atoms with Gasteiger partial charge in [-0.05, 0) is 72.6 Å². The average Bonchev–Trinajstić information content (AvgIpc) is 3.50. The second kappa shape index (κ2) is 12.9. The van der Waals surface area contributed by atoms with Crippen LogP contribution in [0.25, 0.3) is 10.8 Å². The molecule has 6 nitrogen and oxygen atoms in total. The van der Waals surface area contributed by atoms with Crippen LogP contribution in [-0.4, -0.2) is 55.6 Å². The van der Waals surface area contributed by atoms with Crippen molar-refractivity contribution >= 4 is 42.4 Å². The Morgan fingerprint density at radius 3 is 2.33 bits per heavy atom.